The molecule has 0 spiro atoms. The van der Waals surface area contributed by atoms with Crippen LogP contribution in [0.25, 0.3) is 11.0 Å². The maximum atomic E-state index is 12.0. The number of rotatable bonds is 4. The quantitative estimate of drug-likeness (QED) is 0.571. The van der Waals surface area contributed by atoms with Crippen LogP contribution in [0.1, 0.15) is 23.6 Å². The minimum atomic E-state index is -0.321. The standard InChI is InChI=1S/C21H19Cl2NO3/c1-2-13-9-20(25)27-21-16(13)5-6-19-17(21)11-24(12-26-19)8-7-14-3-4-15(22)10-18(14)23/h3-6,9-10H,2,7-8,11-12H2,1H3. The Morgan fingerprint density at radius 1 is 1.11 bits per heavy atom. The zero-order valence-electron chi connectivity index (χ0n) is 14.9. The highest BCUT2D eigenvalue weighted by atomic mass is 35.5. The lowest BCUT2D eigenvalue weighted by atomic mass is 10.0. The third-order valence-electron chi connectivity index (χ3n) is 4.94. The lowest BCUT2D eigenvalue weighted by molar-refractivity contribution is 0.0968. The molecule has 0 amide bonds. The van der Waals surface area contributed by atoms with Crippen LogP contribution in [0.2, 0.25) is 10.0 Å². The van der Waals surface area contributed by atoms with Gasteiger partial charge in [-0.15, -0.1) is 0 Å². The van der Waals surface area contributed by atoms with Gasteiger partial charge in [-0.1, -0.05) is 36.2 Å². The second kappa shape index (κ2) is 7.55. The van der Waals surface area contributed by atoms with E-state index in [1.807, 2.05) is 31.2 Å². The molecule has 0 atom stereocenters. The average Bonchev–Trinajstić information content (AvgIpc) is 2.66. The van der Waals surface area contributed by atoms with Gasteiger partial charge in [0.05, 0.1) is 5.56 Å². The van der Waals surface area contributed by atoms with Crippen LogP contribution in [-0.2, 0) is 19.4 Å². The number of benzene rings is 2. The van der Waals surface area contributed by atoms with Gasteiger partial charge in [-0.2, -0.15) is 0 Å². The van der Waals surface area contributed by atoms with Crippen molar-refractivity contribution < 1.29 is 9.15 Å². The van der Waals surface area contributed by atoms with Crippen LogP contribution >= 0.6 is 23.2 Å². The van der Waals surface area contributed by atoms with Gasteiger partial charge in [0.1, 0.15) is 18.1 Å². The summed E-state index contributed by atoms with van der Waals surface area (Å²) in [5.74, 6) is 0.777. The number of fused-ring (bicyclic) bond motifs is 3. The van der Waals surface area contributed by atoms with E-state index in [9.17, 15) is 4.79 Å². The fourth-order valence-electron chi connectivity index (χ4n) is 3.48. The molecule has 4 nitrogen and oxygen atoms in total. The molecule has 0 unspecified atom stereocenters. The maximum absolute atomic E-state index is 12.0. The Morgan fingerprint density at radius 2 is 1.96 bits per heavy atom. The smallest absolute Gasteiger partial charge is 0.336 e. The molecular weight excluding hydrogens is 385 g/mol. The van der Waals surface area contributed by atoms with E-state index in [2.05, 4.69) is 4.90 Å². The largest absolute Gasteiger partial charge is 0.478 e. The first kappa shape index (κ1) is 18.4. The number of halogens is 2. The molecule has 2 heterocycles. The van der Waals surface area contributed by atoms with Crippen LogP contribution in [-0.4, -0.2) is 18.2 Å². The first-order valence-corrected chi connectivity index (χ1v) is 9.68. The molecule has 27 heavy (non-hydrogen) atoms. The van der Waals surface area contributed by atoms with Crippen molar-refractivity contribution in [3.05, 3.63) is 73.6 Å². The molecule has 140 valence electrons. The van der Waals surface area contributed by atoms with Crippen LogP contribution in [0.4, 0.5) is 0 Å². The van der Waals surface area contributed by atoms with E-state index < -0.39 is 0 Å². The molecule has 1 aliphatic rings. The van der Waals surface area contributed by atoms with Gasteiger partial charge in [0.15, 0.2) is 0 Å². The van der Waals surface area contributed by atoms with Crippen molar-refractivity contribution in [2.45, 2.75) is 26.3 Å². The van der Waals surface area contributed by atoms with Crippen molar-refractivity contribution >= 4 is 34.2 Å². The van der Waals surface area contributed by atoms with Crippen molar-refractivity contribution in [2.75, 3.05) is 13.3 Å². The van der Waals surface area contributed by atoms with Crippen molar-refractivity contribution in [3.63, 3.8) is 0 Å². The van der Waals surface area contributed by atoms with Crippen molar-refractivity contribution in [1.29, 1.82) is 0 Å². The van der Waals surface area contributed by atoms with Gasteiger partial charge >= 0.3 is 5.63 Å². The molecule has 4 rings (SSSR count). The molecule has 0 aliphatic carbocycles. The second-order valence-corrected chi connectivity index (χ2v) is 7.52. The Labute approximate surface area is 167 Å². The highest BCUT2D eigenvalue weighted by Crippen LogP contribution is 2.33. The van der Waals surface area contributed by atoms with Crippen molar-refractivity contribution in [2.24, 2.45) is 0 Å². The Kier molecular flexibility index (Phi) is 5.13. The summed E-state index contributed by atoms with van der Waals surface area (Å²) < 4.78 is 11.5. The number of nitrogens with zero attached hydrogens (tertiary/aromatic N) is 1. The Balaban J connectivity index is 1.60. The predicted octanol–water partition coefficient (Wildman–Crippen LogP) is 5.06. The van der Waals surface area contributed by atoms with Gasteiger partial charge in [-0.3, -0.25) is 4.90 Å². The molecule has 0 fully saturated rings. The first-order valence-electron chi connectivity index (χ1n) is 8.93. The van der Waals surface area contributed by atoms with E-state index in [1.165, 1.54) is 0 Å². The third-order valence-corrected chi connectivity index (χ3v) is 5.52. The van der Waals surface area contributed by atoms with Gasteiger partial charge in [0.25, 0.3) is 0 Å². The molecular formula is C21H19Cl2NO3. The van der Waals surface area contributed by atoms with E-state index >= 15 is 0 Å². The molecule has 6 heteroatoms. The summed E-state index contributed by atoms with van der Waals surface area (Å²) in [7, 11) is 0. The molecule has 0 bridgehead atoms. The minimum absolute atomic E-state index is 0.321. The topological polar surface area (TPSA) is 42.7 Å². The molecule has 0 saturated carbocycles. The van der Waals surface area contributed by atoms with Gasteiger partial charge in [0, 0.05) is 34.6 Å². The molecule has 1 aliphatic heterocycles. The SMILES string of the molecule is CCc1cc(=O)oc2c3c(ccc12)OCN(CCc1ccc(Cl)cc1Cl)C3. The van der Waals surface area contributed by atoms with Crippen LogP contribution in [0, 0.1) is 0 Å². The fraction of sp³-hybridized carbons (Fsp3) is 0.286. The Hall–Kier alpha value is -2.01. The van der Waals surface area contributed by atoms with Crippen LogP contribution in [0.3, 0.4) is 0 Å². The Bertz CT molecular complexity index is 1060. The molecule has 0 N–H and O–H groups in total. The first-order chi connectivity index (χ1) is 13.0. The van der Waals surface area contributed by atoms with Crippen LogP contribution in [0.5, 0.6) is 5.75 Å². The minimum Gasteiger partial charge on any atom is -0.478 e. The summed E-state index contributed by atoms with van der Waals surface area (Å²) in [5, 5.41) is 2.28. The van der Waals surface area contributed by atoms with Crippen LogP contribution < -0.4 is 10.4 Å². The van der Waals surface area contributed by atoms with E-state index in [0.717, 1.165) is 47.2 Å². The average molecular weight is 404 g/mol. The van der Waals surface area contributed by atoms with E-state index in [-0.39, 0.29) is 5.63 Å². The Morgan fingerprint density at radius 3 is 2.74 bits per heavy atom. The highest BCUT2D eigenvalue weighted by Gasteiger charge is 2.22. The molecule has 3 aromatic rings. The zero-order valence-corrected chi connectivity index (χ0v) is 16.4. The van der Waals surface area contributed by atoms with Gasteiger partial charge in [-0.05, 0) is 48.2 Å². The second-order valence-electron chi connectivity index (χ2n) is 6.67. The monoisotopic (exact) mass is 403 g/mol. The number of ether oxygens (including phenoxy) is 1. The summed E-state index contributed by atoms with van der Waals surface area (Å²) in [4.78, 5) is 14.1. The predicted molar refractivity (Wildman–Crippen MR) is 108 cm³/mol. The maximum Gasteiger partial charge on any atom is 0.336 e. The summed E-state index contributed by atoms with van der Waals surface area (Å²) >= 11 is 12.2. The van der Waals surface area contributed by atoms with E-state index in [0.29, 0.717) is 28.9 Å². The summed E-state index contributed by atoms with van der Waals surface area (Å²) in [6, 6.07) is 11.1. The molecule has 1 aromatic heterocycles. The van der Waals surface area contributed by atoms with Gasteiger partial charge in [-0.25, -0.2) is 4.79 Å². The summed E-state index contributed by atoms with van der Waals surface area (Å²) in [5.41, 5.74) is 3.27. The van der Waals surface area contributed by atoms with E-state index in [4.69, 9.17) is 32.4 Å². The number of aryl methyl sites for hydroxylation is 1. The normalized spacial score (nSPS) is 14.2. The van der Waals surface area contributed by atoms with Crippen LogP contribution in [0.15, 0.2) is 45.6 Å². The summed E-state index contributed by atoms with van der Waals surface area (Å²) in [6.45, 7) is 3.95. The summed E-state index contributed by atoms with van der Waals surface area (Å²) in [6.07, 6.45) is 1.56. The number of hydrogen-bond acceptors (Lipinski definition) is 4. The fourth-order valence-corrected chi connectivity index (χ4v) is 3.99. The molecule has 2 aromatic carbocycles. The van der Waals surface area contributed by atoms with Gasteiger partial charge < -0.3 is 9.15 Å². The zero-order chi connectivity index (χ0) is 19.0. The number of hydrogen-bond donors (Lipinski definition) is 0. The van der Waals surface area contributed by atoms with Crippen molar-refractivity contribution in [3.8, 4) is 5.75 Å². The highest BCUT2D eigenvalue weighted by molar-refractivity contribution is 6.35. The molecule has 0 saturated heterocycles. The third kappa shape index (κ3) is 3.70. The molecule has 0 radical (unpaired) electrons. The lowest BCUT2D eigenvalue weighted by Gasteiger charge is -2.29. The van der Waals surface area contributed by atoms with E-state index in [1.54, 1.807) is 12.1 Å². The van der Waals surface area contributed by atoms with Gasteiger partial charge in [0.2, 0.25) is 0 Å². The lowest BCUT2D eigenvalue weighted by Crippen LogP contribution is -2.33. The van der Waals surface area contributed by atoms with Crippen molar-refractivity contribution in [1.82, 2.24) is 4.90 Å².